The van der Waals surface area contributed by atoms with E-state index in [-0.39, 0.29) is 31.2 Å². The highest BCUT2D eigenvalue weighted by molar-refractivity contribution is 6.35. The van der Waals surface area contributed by atoms with Crippen molar-refractivity contribution in [3.05, 3.63) is 0 Å². The van der Waals surface area contributed by atoms with Gasteiger partial charge in [0.15, 0.2) is 6.29 Å². The molecule has 10 heteroatoms. The standard InChI is InChI=1S/C8H12N2O6.2H3N/c11-5(12)3-4(7(13)14)10-2-1-9-6(10)8(15)16;;/h4-5,11-12H,1-3H2,(H,13,14)(H,15,16);2*1H3. The summed E-state index contributed by atoms with van der Waals surface area (Å²) in [6, 6.07) is -1.29. The largest absolute Gasteiger partial charge is 0.480 e. The Labute approximate surface area is 103 Å². The lowest BCUT2D eigenvalue weighted by Crippen LogP contribution is -2.47. The molecule has 0 saturated carbocycles. The topological polar surface area (TPSA) is 201 Å². The summed E-state index contributed by atoms with van der Waals surface area (Å²) in [5, 5.41) is 35.1. The average molecular weight is 266 g/mol. The van der Waals surface area contributed by atoms with Crippen molar-refractivity contribution >= 4 is 17.8 Å². The fourth-order valence-corrected chi connectivity index (χ4v) is 1.52. The second-order valence-corrected chi connectivity index (χ2v) is 3.27. The van der Waals surface area contributed by atoms with Crippen molar-refractivity contribution in [2.75, 3.05) is 13.1 Å². The van der Waals surface area contributed by atoms with E-state index in [1.54, 1.807) is 0 Å². The lowest BCUT2D eigenvalue weighted by atomic mass is 10.1. The van der Waals surface area contributed by atoms with Crippen LogP contribution in [-0.2, 0) is 9.59 Å². The highest BCUT2D eigenvalue weighted by Gasteiger charge is 2.35. The van der Waals surface area contributed by atoms with Crippen LogP contribution in [-0.4, -0.2) is 68.5 Å². The quantitative estimate of drug-likeness (QED) is 0.312. The Morgan fingerprint density at radius 1 is 1.28 bits per heavy atom. The Hall–Kier alpha value is -1.75. The number of aliphatic imine (C=N–C) groups is 1. The van der Waals surface area contributed by atoms with Crippen LogP contribution in [0.3, 0.4) is 0 Å². The van der Waals surface area contributed by atoms with E-state index in [2.05, 4.69) is 4.99 Å². The number of aliphatic hydroxyl groups excluding tert-OH is 1. The van der Waals surface area contributed by atoms with Gasteiger partial charge in [0.1, 0.15) is 6.04 Å². The zero-order chi connectivity index (χ0) is 12.3. The number of rotatable bonds is 5. The van der Waals surface area contributed by atoms with E-state index < -0.39 is 30.7 Å². The monoisotopic (exact) mass is 266 g/mol. The van der Waals surface area contributed by atoms with Gasteiger partial charge in [0.05, 0.1) is 6.54 Å². The number of carboxylic acid groups (broad SMARTS) is 2. The molecule has 0 amide bonds. The molecule has 0 aromatic heterocycles. The molecule has 1 heterocycles. The van der Waals surface area contributed by atoms with Gasteiger partial charge in [-0.15, -0.1) is 0 Å². The predicted molar refractivity (Wildman–Crippen MR) is 61.0 cm³/mol. The molecular formula is C8H18N4O6. The molecule has 1 atom stereocenters. The van der Waals surface area contributed by atoms with Gasteiger partial charge in [0.2, 0.25) is 5.84 Å². The average Bonchev–Trinajstić information content (AvgIpc) is 2.61. The molecule has 1 aliphatic rings. The van der Waals surface area contributed by atoms with E-state index >= 15 is 0 Å². The molecule has 0 radical (unpaired) electrons. The van der Waals surface area contributed by atoms with Crippen LogP contribution in [0, 0.1) is 0 Å². The van der Waals surface area contributed by atoms with E-state index in [1.807, 2.05) is 0 Å². The number of carbonyl (C=O) groups is 2. The molecule has 0 aliphatic carbocycles. The van der Waals surface area contributed by atoms with Gasteiger partial charge in [-0.2, -0.15) is 0 Å². The Bertz CT molecular complexity index is 332. The normalized spacial score (nSPS) is 15.5. The molecule has 106 valence electrons. The van der Waals surface area contributed by atoms with Gasteiger partial charge in [-0.1, -0.05) is 0 Å². The third-order valence-electron chi connectivity index (χ3n) is 2.16. The molecule has 1 aliphatic heterocycles. The van der Waals surface area contributed by atoms with Crippen molar-refractivity contribution < 1.29 is 30.0 Å². The summed E-state index contributed by atoms with van der Waals surface area (Å²) in [6.07, 6.45) is -2.28. The van der Waals surface area contributed by atoms with E-state index in [0.717, 1.165) is 4.90 Å². The van der Waals surface area contributed by atoms with Crippen LogP contribution in [0.15, 0.2) is 4.99 Å². The van der Waals surface area contributed by atoms with E-state index in [0.29, 0.717) is 0 Å². The van der Waals surface area contributed by atoms with Crippen LogP contribution in [0.2, 0.25) is 0 Å². The van der Waals surface area contributed by atoms with Crippen molar-refractivity contribution in [3.8, 4) is 0 Å². The lowest BCUT2D eigenvalue weighted by molar-refractivity contribution is -0.146. The maximum atomic E-state index is 10.9. The summed E-state index contributed by atoms with van der Waals surface area (Å²) >= 11 is 0. The second-order valence-electron chi connectivity index (χ2n) is 3.27. The Balaban J connectivity index is 0. The van der Waals surface area contributed by atoms with Gasteiger partial charge < -0.3 is 37.6 Å². The highest BCUT2D eigenvalue weighted by atomic mass is 16.5. The number of amidine groups is 1. The van der Waals surface area contributed by atoms with Crippen LogP contribution >= 0.6 is 0 Å². The predicted octanol–water partition coefficient (Wildman–Crippen LogP) is -1.74. The van der Waals surface area contributed by atoms with Crippen LogP contribution in [0.1, 0.15) is 6.42 Å². The number of hydrogen-bond acceptors (Lipinski definition) is 8. The van der Waals surface area contributed by atoms with Crippen LogP contribution in [0.5, 0.6) is 0 Å². The fourth-order valence-electron chi connectivity index (χ4n) is 1.52. The van der Waals surface area contributed by atoms with Gasteiger partial charge in [-0.05, 0) is 0 Å². The van der Waals surface area contributed by atoms with Crippen molar-refractivity contribution in [3.63, 3.8) is 0 Å². The molecule has 10 N–H and O–H groups in total. The Kier molecular flexibility index (Phi) is 7.81. The van der Waals surface area contributed by atoms with Crippen LogP contribution in [0.25, 0.3) is 0 Å². The summed E-state index contributed by atoms with van der Waals surface area (Å²) in [5.74, 6) is -2.99. The first-order chi connectivity index (χ1) is 7.43. The highest BCUT2D eigenvalue weighted by Crippen LogP contribution is 2.12. The number of aliphatic hydroxyl groups is 2. The molecule has 10 nitrogen and oxygen atoms in total. The van der Waals surface area contributed by atoms with Gasteiger partial charge >= 0.3 is 11.9 Å². The van der Waals surface area contributed by atoms with Crippen molar-refractivity contribution in [2.45, 2.75) is 18.8 Å². The zero-order valence-corrected chi connectivity index (χ0v) is 9.69. The molecule has 0 bridgehead atoms. The molecule has 1 unspecified atom stereocenters. The maximum absolute atomic E-state index is 10.9. The Morgan fingerprint density at radius 3 is 2.22 bits per heavy atom. The summed E-state index contributed by atoms with van der Waals surface area (Å²) in [6.45, 7) is 0.332. The smallest absolute Gasteiger partial charge is 0.371 e. The first kappa shape index (κ1) is 18.6. The summed E-state index contributed by atoms with van der Waals surface area (Å²) in [7, 11) is 0. The Morgan fingerprint density at radius 2 is 1.83 bits per heavy atom. The summed E-state index contributed by atoms with van der Waals surface area (Å²) in [4.78, 5) is 26.3. The minimum absolute atomic E-state index is 0. The first-order valence-corrected chi connectivity index (χ1v) is 4.56. The molecule has 0 aromatic rings. The molecule has 0 aromatic carbocycles. The minimum Gasteiger partial charge on any atom is -0.480 e. The zero-order valence-electron chi connectivity index (χ0n) is 9.69. The molecule has 0 spiro atoms. The molecular weight excluding hydrogens is 248 g/mol. The third kappa shape index (κ3) is 4.25. The SMILES string of the molecule is N.N.O=C(O)C1=NCCN1C(CC(O)O)C(=O)O. The minimum atomic E-state index is -1.81. The lowest BCUT2D eigenvalue weighted by Gasteiger charge is -2.26. The van der Waals surface area contributed by atoms with Gasteiger partial charge in [0, 0.05) is 13.0 Å². The summed E-state index contributed by atoms with van der Waals surface area (Å²) < 4.78 is 0. The summed E-state index contributed by atoms with van der Waals surface area (Å²) in [5.41, 5.74) is 0. The first-order valence-electron chi connectivity index (χ1n) is 4.56. The van der Waals surface area contributed by atoms with E-state index in [4.69, 9.17) is 20.4 Å². The van der Waals surface area contributed by atoms with Crippen molar-refractivity contribution in [1.29, 1.82) is 0 Å². The fraction of sp³-hybridized carbons (Fsp3) is 0.625. The van der Waals surface area contributed by atoms with Crippen molar-refractivity contribution in [2.24, 2.45) is 4.99 Å². The van der Waals surface area contributed by atoms with Gasteiger partial charge in [-0.3, -0.25) is 4.99 Å². The molecule has 18 heavy (non-hydrogen) atoms. The molecule has 0 fully saturated rings. The van der Waals surface area contributed by atoms with Crippen LogP contribution in [0.4, 0.5) is 0 Å². The number of nitrogens with zero attached hydrogens (tertiary/aromatic N) is 2. The number of carboxylic acids is 2. The van der Waals surface area contributed by atoms with Gasteiger partial charge in [-0.25, -0.2) is 9.59 Å². The van der Waals surface area contributed by atoms with E-state index in [1.165, 1.54) is 0 Å². The van der Waals surface area contributed by atoms with Gasteiger partial charge in [0.25, 0.3) is 0 Å². The number of aliphatic carboxylic acids is 2. The third-order valence-corrected chi connectivity index (χ3v) is 2.16. The maximum Gasteiger partial charge on any atom is 0.371 e. The number of hydrogen-bond donors (Lipinski definition) is 6. The van der Waals surface area contributed by atoms with Crippen molar-refractivity contribution in [1.82, 2.24) is 17.2 Å². The second kappa shape index (κ2) is 7.55. The molecule has 1 rings (SSSR count). The van der Waals surface area contributed by atoms with Crippen LogP contribution < -0.4 is 12.3 Å². The molecule has 0 saturated heterocycles. The van der Waals surface area contributed by atoms with E-state index in [9.17, 15) is 9.59 Å².